The third kappa shape index (κ3) is 10.5. The Morgan fingerprint density at radius 1 is 1.14 bits per heavy atom. The van der Waals surface area contributed by atoms with Crippen LogP contribution >= 0.6 is 0 Å². The summed E-state index contributed by atoms with van der Waals surface area (Å²) in [7, 11) is 0. The molecule has 0 radical (unpaired) electrons. The van der Waals surface area contributed by atoms with E-state index in [1.807, 2.05) is 0 Å². The Balaban J connectivity index is 1.84. The quantitative estimate of drug-likeness (QED) is 0.299. The zero-order valence-corrected chi connectivity index (χ0v) is 13.6. The molecule has 1 rings (SSSR count). The fourth-order valence-corrected chi connectivity index (χ4v) is 2.61. The van der Waals surface area contributed by atoms with E-state index in [0.29, 0.717) is 19.6 Å². The van der Waals surface area contributed by atoms with Crippen molar-refractivity contribution < 1.29 is 14.3 Å². The molecule has 0 saturated heterocycles. The second-order valence-corrected chi connectivity index (χ2v) is 5.90. The molecule has 1 atom stereocenters. The number of ether oxygens (including phenoxy) is 2. The molecule has 0 aliphatic heterocycles. The highest BCUT2D eigenvalue weighted by Gasteiger charge is 2.08. The van der Waals surface area contributed by atoms with Crippen molar-refractivity contribution in [3.8, 4) is 0 Å². The fraction of sp³-hybridized carbons (Fsp3) is 0.833. The lowest BCUT2D eigenvalue weighted by Crippen LogP contribution is -2.10. The molecule has 0 bridgehead atoms. The van der Waals surface area contributed by atoms with Crippen molar-refractivity contribution in [2.75, 3.05) is 19.8 Å². The Morgan fingerprint density at radius 2 is 2.05 bits per heavy atom. The van der Waals surface area contributed by atoms with Gasteiger partial charge in [-0.2, -0.15) is 0 Å². The standard InChI is InChI=1S/C18H32O3/c1-2-3-14-20-15-16-21-18(19)13-9-5-8-12-17-10-6-4-7-11-17/h6,10,17H,2-5,7-9,11-16H2,1H3. The van der Waals surface area contributed by atoms with E-state index in [9.17, 15) is 4.79 Å². The van der Waals surface area contributed by atoms with Crippen molar-refractivity contribution in [3.63, 3.8) is 0 Å². The Kier molecular flexibility index (Phi) is 11.2. The van der Waals surface area contributed by atoms with Gasteiger partial charge in [-0.3, -0.25) is 4.79 Å². The molecule has 1 aliphatic rings. The zero-order valence-electron chi connectivity index (χ0n) is 13.6. The summed E-state index contributed by atoms with van der Waals surface area (Å²) in [6, 6.07) is 0. The van der Waals surface area contributed by atoms with E-state index >= 15 is 0 Å². The van der Waals surface area contributed by atoms with E-state index in [-0.39, 0.29) is 5.97 Å². The smallest absolute Gasteiger partial charge is 0.305 e. The van der Waals surface area contributed by atoms with Crippen LogP contribution in [0.15, 0.2) is 12.2 Å². The predicted molar refractivity (Wildman–Crippen MR) is 86.3 cm³/mol. The maximum atomic E-state index is 11.5. The third-order valence-electron chi connectivity index (χ3n) is 3.94. The largest absolute Gasteiger partial charge is 0.463 e. The number of hydrogen-bond donors (Lipinski definition) is 0. The molecule has 0 N–H and O–H groups in total. The Bertz CT molecular complexity index is 286. The lowest BCUT2D eigenvalue weighted by molar-refractivity contribution is -0.145. The summed E-state index contributed by atoms with van der Waals surface area (Å²) >= 11 is 0. The van der Waals surface area contributed by atoms with E-state index in [0.717, 1.165) is 38.2 Å². The molecule has 0 aromatic carbocycles. The van der Waals surface area contributed by atoms with Crippen LogP contribution in [0.1, 0.15) is 71.1 Å². The van der Waals surface area contributed by atoms with Gasteiger partial charge in [0.25, 0.3) is 0 Å². The van der Waals surface area contributed by atoms with E-state index in [1.54, 1.807) is 0 Å². The van der Waals surface area contributed by atoms with Crippen LogP contribution in [0.2, 0.25) is 0 Å². The predicted octanol–water partition coefficient (Wildman–Crippen LogP) is 4.65. The number of carbonyl (C=O) groups excluding carboxylic acids is 1. The second-order valence-electron chi connectivity index (χ2n) is 5.90. The first-order chi connectivity index (χ1) is 10.3. The van der Waals surface area contributed by atoms with Crippen LogP contribution in [0.25, 0.3) is 0 Å². The highest BCUT2D eigenvalue weighted by Crippen LogP contribution is 2.22. The molecule has 0 amide bonds. The number of hydrogen-bond acceptors (Lipinski definition) is 3. The Morgan fingerprint density at radius 3 is 2.81 bits per heavy atom. The minimum absolute atomic E-state index is 0.0772. The molecular formula is C18H32O3. The number of rotatable bonds is 12. The van der Waals surface area contributed by atoms with Gasteiger partial charge in [0, 0.05) is 13.0 Å². The average molecular weight is 296 g/mol. The van der Waals surface area contributed by atoms with Gasteiger partial charge in [-0.1, -0.05) is 38.3 Å². The van der Waals surface area contributed by atoms with Crippen molar-refractivity contribution in [3.05, 3.63) is 12.2 Å². The van der Waals surface area contributed by atoms with Gasteiger partial charge >= 0.3 is 5.97 Å². The average Bonchev–Trinajstić information content (AvgIpc) is 2.51. The summed E-state index contributed by atoms with van der Waals surface area (Å²) in [5, 5.41) is 0. The number of unbranched alkanes of at least 4 members (excludes halogenated alkanes) is 3. The van der Waals surface area contributed by atoms with Gasteiger partial charge in [0.1, 0.15) is 6.61 Å². The minimum atomic E-state index is -0.0772. The fourth-order valence-electron chi connectivity index (χ4n) is 2.61. The van der Waals surface area contributed by atoms with Gasteiger partial charge < -0.3 is 9.47 Å². The number of carbonyl (C=O) groups is 1. The number of allylic oxidation sites excluding steroid dienone is 2. The van der Waals surface area contributed by atoms with Gasteiger partial charge in [0.15, 0.2) is 0 Å². The first kappa shape index (κ1) is 18.2. The van der Waals surface area contributed by atoms with Gasteiger partial charge in [-0.15, -0.1) is 0 Å². The van der Waals surface area contributed by atoms with Crippen LogP contribution < -0.4 is 0 Å². The molecule has 0 fully saturated rings. The van der Waals surface area contributed by atoms with Crippen molar-refractivity contribution in [1.82, 2.24) is 0 Å². The first-order valence-electron chi connectivity index (χ1n) is 8.73. The summed E-state index contributed by atoms with van der Waals surface area (Å²) < 4.78 is 10.5. The van der Waals surface area contributed by atoms with E-state index in [2.05, 4.69) is 19.1 Å². The van der Waals surface area contributed by atoms with Gasteiger partial charge in [0.05, 0.1) is 6.61 Å². The molecule has 3 heteroatoms. The monoisotopic (exact) mass is 296 g/mol. The third-order valence-corrected chi connectivity index (χ3v) is 3.94. The van der Waals surface area contributed by atoms with Crippen molar-refractivity contribution >= 4 is 5.97 Å². The van der Waals surface area contributed by atoms with Crippen molar-refractivity contribution in [2.24, 2.45) is 5.92 Å². The maximum absolute atomic E-state index is 11.5. The maximum Gasteiger partial charge on any atom is 0.305 e. The highest BCUT2D eigenvalue weighted by atomic mass is 16.6. The van der Waals surface area contributed by atoms with E-state index in [4.69, 9.17) is 9.47 Å². The summed E-state index contributed by atoms with van der Waals surface area (Å²) in [5.41, 5.74) is 0. The zero-order chi connectivity index (χ0) is 15.2. The first-order valence-corrected chi connectivity index (χ1v) is 8.73. The van der Waals surface area contributed by atoms with Crippen LogP contribution in [0, 0.1) is 5.92 Å². The topological polar surface area (TPSA) is 35.5 Å². The van der Waals surface area contributed by atoms with Crippen LogP contribution in [0.4, 0.5) is 0 Å². The minimum Gasteiger partial charge on any atom is -0.463 e. The molecule has 3 nitrogen and oxygen atoms in total. The Hall–Kier alpha value is -0.830. The lowest BCUT2D eigenvalue weighted by Gasteiger charge is -2.15. The summed E-state index contributed by atoms with van der Waals surface area (Å²) in [6.45, 7) is 3.83. The molecule has 0 aromatic rings. The van der Waals surface area contributed by atoms with Gasteiger partial charge in [-0.05, 0) is 44.4 Å². The van der Waals surface area contributed by atoms with Crippen LogP contribution in [0.5, 0.6) is 0 Å². The lowest BCUT2D eigenvalue weighted by atomic mass is 9.91. The molecule has 0 spiro atoms. The second kappa shape index (κ2) is 12.9. The molecule has 122 valence electrons. The Labute approximate surface area is 130 Å². The summed E-state index contributed by atoms with van der Waals surface area (Å²) in [4.78, 5) is 11.5. The molecular weight excluding hydrogens is 264 g/mol. The van der Waals surface area contributed by atoms with Crippen molar-refractivity contribution in [2.45, 2.75) is 71.1 Å². The molecule has 0 saturated carbocycles. The molecule has 0 aromatic heterocycles. The van der Waals surface area contributed by atoms with Crippen molar-refractivity contribution in [1.29, 1.82) is 0 Å². The molecule has 21 heavy (non-hydrogen) atoms. The van der Waals surface area contributed by atoms with Crippen LogP contribution in [0.3, 0.4) is 0 Å². The highest BCUT2D eigenvalue weighted by molar-refractivity contribution is 5.69. The summed E-state index contributed by atoms with van der Waals surface area (Å²) in [6.07, 6.45) is 16.0. The SMILES string of the molecule is CCCCOCCOC(=O)CCCCCC1C=CCCC1. The van der Waals surface area contributed by atoms with Gasteiger partial charge in [0.2, 0.25) is 0 Å². The summed E-state index contributed by atoms with van der Waals surface area (Å²) in [5.74, 6) is 0.706. The van der Waals surface area contributed by atoms with Gasteiger partial charge in [-0.25, -0.2) is 0 Å². The number of esters is 1. The molecule has 1 aliphatic carbocycles. The van der Waals surface area contributed by atoms with E-state index in [1.165, 1.54) is 32.1 Å². The molecule has 1 unspecified atom stereocenters. The van der Waals surface area contributed by atoms with Crippen LogP contribution in [-0.2, 0) is 14.3 Å². The normalized spacial score (nSPS) is 17.9. The van der Waals surface area contributed by atoms with Crippen LogP contribution in [-0.4, -0.2) is 25.8 Å². The molecule has 0 heterocycles. The van der Waals surface area contributed by atoms with E-state index < -0.39 is 0 Å².